The third kappa shape index (κ3) is 3.74. The molecule has 0 amide bonds. The molecule has 2 aliphatic carbocycles. The van der Waals surface area contributed by atoms with Crippen LogP contribution in [0.4, 0.5) is 0 Å². The van der Waals surface area contributed by atoms with Gasteiger partial charge >= 0.3 is 11.9 Å². The van der Waals surface area contributed by atoms with E-state index in [9.17, 15) is 14.7 Å². The lowest BCUT2D eigenvalue weighted by atomic mass is 9.43. The van der Waals surface area contributed by atoms with E-state index in [0.29, 0.717) is 19.3 Å². The summed E-state index contributed by atoms with van der Waals surface area (Å²) in [6, 6.07) is 0. The summed E-state index contributed by atoms with van der Waals surface area (Å²) < 4.78 is 16.2. The minimum atomic E-state index is -0.934. The number of aliphatic hydroxyl groups is 1. The Morgan fingerprint density at radius 1 is 1.31 bits per heavy atom. The van der Waals surface area contributed by atoms with Crippen LogP contribution in [0.15, 0.2) is 11.6 Å². The highest BCUT2D eigenvalue weighted by molar-refractivity contribution is 5.85. The third-order valence-electron chi connectivity index (χ3n) is 7.96. The molecular weight excluding hydrogens is 372 g/mol. The Morgan fingerprint density at radius 2 is 2.00 bits per heavy atom. The van der Waals surface area contributed by atoms with E-state index >= 15 is 0 Å². The van der Waals surface area contributed by atoms with Gasteiger partial charge in [-0.25, -0.2) is 4.79 Å². The summed E-state index contributed by atoms with van der Waals surface area (Å²) in [6.45, 7) is 10.2. The average molecular weight is 409 g/mol. The monoisotopic (exact) mass is 408 g/mol. The Bertz CT molecular complexity index is 697. The van der Waals surface area contributed by atoms with Crippen LogP contribution in [0.25, 0.3) is 0 Å². The largest absolute Gasteiger partial charge is 0.462 e. The second kappa shape index (κ2) is 7.69. The van der Waals surface area contributed by atoms with Crippen molar-refractivity contribution in [2.75, 3.05) is 7.11 Å². The van der Waals surface area contributed by atoms with Crippen LogP contribution in [0, 0.1) is 22.7 Å². The molecule has 6 atom stereocenters. The van der Waals surface area contributed by atoms with Crippen molar-refractivity contribution in [1.29, 1.82) is 0 Å². The van der Waals surface area contributed by atoms with Crippen molar-refractivity contribution < 1.29 is 28.9 Å². The molecule has 2 fully saturated rings. The van der Waals surface area contributed by atoms with Gasteiger partial charge in [-0.1, -0.05) is 34.1 Å². The van der Waals surface area contributed by atoms with Crippen molar-refractivity contribution in [2.24, 2.45) is 22.7 Å². The average Bonchev–Trinajstić information content (AvgIpc) is 2.96. The topological polar surface area (TPSA) is 82.1 Å². The van der Waals surface area contributed by atoms with Gasteiger partial charge in [-0.3, -0.25) is 4.79 Å². The van der Waals surface area contributed by atoms with Crippen molar-refractivity contribution in [3.8, 4) is 0 Å². The number of ether oxygens (including phenoxy) is 3. The van der Waals surface area contributed by atoms with Crippen molar-refractivity contribution in [3.05, 3.63) is 11.6 Å². The van der Waals surface area contributed by atoms with Crippen molar-refractivity contribution in [3.63, 3.8) is 0 Å². The van der Waals surface area contributed by atoms with Crippen LogP contribution in [-0.4, -0.2) is 42.1 Å². The van der Waals surface area contributed by atoms with E-state index < -0.39 is 17.9 Å². The highest BCUT2D eigenvalue weighted by Gasteiger charge is 2.65. The first-order valence-corrected chi connectivity index (χ1v) is 10.8. The molecule has 0 aromatic heterocycles. The lowest BCUT2D eigenvalue weighted by Crippen LogP contribution is -2.66. The Labute approximate surface area is 174 Å². The van der Waals surface area contributed by atoms with Crippen LogP contribution in [0.3, 0.4) is 0 Å². The van der Waals surface area contributed by atoms with Gasteiger partial charge < -0.3 is 19.3 Å². The zero-order valence-corrected chi connectivity index (χ0v) is 18.6. The number of fused-ring (bicyclic) bond motifs is 1. The van der Waals surface area contributed by atoms with Gasteiger partial charge in [0.05, 0.1) is 5.60 Å². The summed E-state index contributed by atoms with van der Waals surface area (Å²) in [5, 5.41) is 12.1. The molecule has 0 spiro atoms. The highest BCUT2D eigenvalue weighted by Crippen LogP contribution is 2.64. The fourth-order valence-electron chi connectivity index (χ4n) is 6.75. The molecule has 1 heterocycles. The maximum Gasteiger partial charge on any atom is 0.333 e. The number of carbonyl (C=O) groups excluding carboxylic acids is 2. The predicted octanol–water partition coefficient (Wildman–Crippen LogP) is 3.76. The number of carbonyl (C=O) groups is 2. The molecule has 0 saturated heterocycles. The first-order valence-electron chi connectivity index (χ1n) is 10.8. The van der Waals surface area contributed by atoms with Crippen molar-refractivity contribution in [2.45, 2.75) is 91.1 Å². The number of hydrogen-bond acceptors (Lipinski definition) is 6. The second-order valence-electron chi connectivity index (χ2n) is 10.2. The zero-order valence-electron chi connectivity index (χ0n) is 18.6. The Balaban J connectivity index is 1.92. The van der Waals surface area contributed by atoms with Crippen LogP contribution in [0.2, 0.25) is 0 Å². The Morgan fingerprint density at radius 3 is 2.62 bits per heavy atom. The summed E-state index contributed by atoms with van der Waals surface area (Å²) in [4.78, 5) is 23.5. The fraction of sp³-hybridized carbons (Fsp3) is 0.826. The molecule has 6 heteroatoms. The summed E-state index contributed by atoms with van der Waals surface area (Å²) in [7, 11) is 1.51. The third-order valence-corrected chi connectivity index (χ3v) is 7.96. The van der Waals surface area contributed by atoms with E-state index in [1.165, 1.54) is 20.1 Å². The van der Waals surface area contributed by atoms with Crippen LogP contribution in [0.5, 0.6) is 0 Å². The molecule has 0 aromatic rings. The van der Waals surface area contributed by atoms with E-state index in [4.69, 9.17) is 14.2 Å². The Hall–Kier alpha value is -1.40. The molecular formula is C23H36O6. The van der Waals surface area contributed by atoms with Crippen molar-refractivity contribution >= 4 is 11.9 Å². The van der Waals surface area contributed by atoms with E-state index in [-0.39, 0.29) is 34.7 Å². The van der Waals surface area contributed by atoms with Gasteiger partial charge in [-0.15, -0.1) is 0 Å². The van der Waals surface area contributed by atoms with E-state index in [1.807, 2.05) is 0 Å². The van der Waals surface area contributed by atoms with Gasteiger partial charge in [-0.05, 0) is 43.4 Å². The number of esters is 2. The van der Waals surface area contributed by atoms with Gasteiger partial charge in [0.25, 0.3) is 0 Å². The number of methoxy groups -OCH3 is 1. The molecule has 6 unspecified atom stereocenters. The molecule has 3 rings (SSSR count). The molecule has 6 nitrogen and oxygen atoms in total. The zero-order chi connectivity index (χ0) is 21.6. The van der Waals surface area contributed by atoms with E-state index in [0.717, 1.165) is 24.8 Å². The maximum absolute atomic E-state index is 12.1. The van der Waals surface area contributed by atoms with Gasteiger partial charge in [0.1, 0.15) is 6.10 Å². The fourth-order valence-corrected chi connectivity index (χ4v) is 6.75. The second-order valence-corrected chi connectivity index (χ2v) is 10.2. The molecule has 29 heavy (non-hydrogen) atoms. The smallest absolute Gasteiger partial charge is 0.333 e. The summed E-state index contributed by atoms with van der Waals surface area (Å²) in [5.41, 5.74) is -0.590. The standard InChI is InChI=1S/C23H36O6/c1-14-12-17(28-15(2)24)19-21(3,4)9-7-10-22(19,5)23(14,26)11-8-16-13-18(25)29-20(16)27-6/h13-14,17,19-20,26H,7-12H2,1-6H3. The number of hydrogen-bond donors (Lipinski definition) is 1. The van der Waals surface area contributed by atoms with Crippen LogP contribution in [0.1, 0.15) is 73.1 Å². The van der Waals surface area contributed by atoms with Crippen LogP contribution >= 0.6 is 0 Å². The van der Waals surface area contributed by atoms with Crippen LogP contribution < -0.4 is 0 Å². The highest BCUT2D eigenvalue weighted by atomic mass is 16.7. The molecule has 2 saturated carbocycles. The molecule has 3 aliphatic rings. The van der Waals surface area contributed by atoms with Gasteiger partial charge in [0, 0.05) is 37.0 Å². The summed E-state index contributed by atoms with van der Waals surface area (Å²) >= 11 is 0. The lowest BCUT2D eigenvalue weighted by molar-refractivity contribution is -0.249. The molecule has 0 radical (unpaired) electrons. The minimum absolute atomic E-state index is 0.0397. The Kier molecular flexibility index (Phi) is 5.91. The maximum atomic E-state index is 12.1. The predicted molar refractivity (Wildman–Crippen MR) is 108 cm³/mol. The van der Waals surface area contributed by atoms with Gasteiger partial charge in [-0.2, -0.15) is 0 Å². The SMILES string of the molecule is COC1OC(=O)C=C1CCC1(O)C(C)CC(OC(C)=O)C2C(C)(C)CCCC21C. The first-order chi connectivity index (χ1) is 13.4. The van der Waals surface area contributed by atoms with E-state index in [2.05, 4.69) is 27.7 Å². The molecule has 0 bridgehead atoms. The molecule has 1 N–H and O–H groups in total. The quantitative estimate of drug-likeness (QED) is 0.698. The normalized spacial score (nSPS) is 41.3. The van der Waals surface area contributed by atoms with Gasteiger partial charge in [0.2, 0.25) is 6.29 Å². The molecule has 1 aliphatic heterocycles. The molecule has 164 valence electrons. The van der Waals surface area contributed by atoms with Crippen molar-refractivity contribution in [1.82, 2.24) is 0 Å². The summed E-state index contributed by atoms with van der Waals surface area (Å²) in [6.07, 6.45) is 5.30. The lowest BCUT2D eigenvalue weighted by Gasteiger charge is -2.64. The first kappa shape index (κ1) is 22.3. The number of cyclic esters (lactones) is 1. The molecule has 0 aromatic carbocycles. The summed E-state index contributed by atoms with van der Waals surface area (Å²) in [5.74, 6) is -0.622. The van der Waals surface area contributed by atoms with E-state index in [1.54, 1.807) is 0 Å². The minimum Gasteiger partial charge on any atom is -0.462 e. The van der Waals surface area contributed by atoms with Crippen LogP contribution in [-0.2, 0) is 23.8 Å². The number of rotatable bonds is 5. The van der Waals surface area contributed by atoms with Gasteiger partial charge in [0.15, 0.2) is 0 Å².